The van der Waals surface area contributed by atoms with Crippen molar-refractivity contribution in [3.8, 4) is 11.3 Å². The van der Waals surface area contributed by atoms with E-state index in [4.69, 9.17) is 4.98 Å². The van der Waals surface area contributed by atoms with E-state index in [1.807, 2.05) is 23.7 Å². The van der Waals surface area contributed by atoms with Gasteiger partial charge in [-0.25, -0.2) is 9.97 Å². The monoisotopic (exact) mass is 406 g/mol. The van der Waals surface area contributed by atoms with Gasteiger partial charge in [0, 0.05) is 36.0 Å². The molecule has 1 aliphatic rings. The van der Waals surface area contributed by atoms with Gasteiger partial charge in [-0.3, -0.25) is 14.2 Å². The number of pyridine rings is 1. The largest absolute Gasteiger partial charge is 0.481 e. The van der Waals surface area contributed by atoms with Crippen molar-refractivity contribution in [1.82, 2.24) is 29.5 Å². The molecule has 29 heavy (non-hydrogen) atoms. The van der Waals surface area contributed by atoms with Crippen molar-refractivity contribution in [2.45, 2.75) is 31.6 Å². The fourth-order valence-corrected chi connectivity index (χ4v) is 4.01. The number of aliphatic carboxylic acids is 1. The Bertz CT molecular complexity index is 1150. The Labute approximate surface area is 170 Å². The van der Waals surface area contributed by atoms with Gasteiger partial charge in [-0.2, -0.15) is 0 Å². The Morgan fingerprint density at radius 2 is 2.24 bits per heavy atom. The molecule has 0 saturated heterocycles. The molecule has 1 fully saturated rings. The molecular weight excluding hydrogens is 388 g/mol. The number of fused-ring (bicyclic) bond motifs is 1. The van der Waals surface area contributed by atoms with Gasteiger partial charge in [-0.1, -0.05) is 0 Å². The van der Waals surface area contributed by atoms with Crippen LogP contribution >= 0.6 is 11.3 Å². The molecule has 1 N–H and O–H groups in total. The fraction of sp³-hybridized carbons (Fsp3) is 0.300. The fourth-order valence-electron chi connectivity index (χ4n) is 3.43. The van der Waals surface area contributed by atoms with Gasteiger partial charge < -0.3 is 5.11 Å². The summed E-state index contributed by atoms with van der Waals surface area (Å²) in [6, 6.07) is 3.80. The summed E-state index contributed by atoms with van der Waals surface area (Å²) in [6.07, 6.45) is 8.74. The van der Waals surface area contributed by atoms with E-state index in [2.05, 4.69) is 20.2 Å². The molecule has 4 aromatic rings. The molecule has 1 aliphatic carbocycles. The molecule has 1 unspecified atom stereocenters. The van der Waals surface area contributed by atoms with E-state index in [-0.39, 0.29) is 6.42 Å². The SMILES string of the molecule is O=C(O)C(Cc1cscn1)c1nnc2c(CC3CC3)nc(-c3cccnc3)cn12. The van der Waals surface area contributed by atoms with Crippen LogP contribution in [0.5, 0.6) is 0 Å². The van der Waals surface area contributed by atoms with Crippen molar-refractivity contribution < 1.29 is 9.90 Å². The maximum Gasteiger partial charge on any atom is 0.314 e. The van der Waals surface area contributed by atoms with Crippen molar-refractivity contribution in [2.75, 3.05) is 0 Å². The maximum absolute atomic E-state index is 12.1. The molecule has 0 amide bonds. The summed E-state index contributed by atoms with van der Waals surface area (Å²) in [6.45, 7) is 0. The molecule has 146 valence electrons. The minimum Gasteiger partial charge on any atom is -0.481 e. The average molecular weight is 406 g/mol. The number of rotatable bonds is 7. The molecule has 8 nitrogen and oxygen atoms in total. The predicted molar refractivity (Wildman–Crippen MR) is 107 cm³/mol. The third-order valence-corrected chi connectivity index (χ3v) is 5.77. The lowest BCUT2D eigenvalue weighted by atomic mass is 10.0. The van der Waals surface area contributed by atoms with E-state index < -0.39 is 11.9 Å². The van der Waals surface area contributed by atoms with Gasteiger partial charge in [-0.05, 0) is 37.3 Å². The van der Waals surface area contributed by atoms with Crippen molar-refractivity contribution in [3.63, 3.8) is 0 Å². The second-order valence-electron chi connectivity index (χ2n) is 7.29. The standard InChI is InChI=1S/C20H18N6O2S/c27-20(28)15(7-14-10-29-11-22-14)18-24-25-19-16(6-12-3-4-12)23-17(9-26(18)19)13-2-1-5-21-8-13/h1-2,5,8-12,15H,3-4,6-7H2,(H,27,28). The van der Waals surface area contributed by atoms with Crippen molar-refractivity contribution >= 4 is 23.0 Å². The molecule has 0 radical (unpaired) electrons. The summed E-state index contributed by atoms with van der Waals surface area (Å²) in [4.78, 5) is 25.3. The molecule has 9 heteroatoms. The summed E-state index contributed by atoms with van der Waals surface area (Å²) in [5, 5.41) is 20.3. The van der Waals surface area contributed by atoms with Gasteiger partial charge in [0.05, 0.1) is 22.6 Å². The number of hydrogen-bond donors (Lipinski definition) is 1. The lowest BCUT2D eigenvalue weighted by molar-refractivity contribution is -0.139. The molecule has 0 spiro atoms. The number of hydrogen-bond acceptors (Lipinski definition) is 7. The van der Waals surface area contributed by atoms with Crippen molar-refractivity contribution in [2.24, 2.45) is 5.92 Å². The zero-order valence-electron chi connectivity index (χ0n) is 15.5. The Morgan fingerprint density at radius 1 is 1.34 bits per heavy atom. The van der Waals surface area contributed by atoms with E-state index in [1.54, 1.807) is 22.3 Å². The van der Waals surface area contributed by atoms with Crippen LogP contribution in [0.25, 0.3) is 16.9 Å². The van der Waals surface area contributed by atoms with E-state index in [9.17, 15) is 9.90 Å². The number of carbonyl (C=O) groups is 1. The molecule has 1 saturated carbocycles. The lowest BCUT2D eigenvalue weighted by Crippen LogP contribution is -2.18. The number of aromatic nitrogens is 6. The highest BCUT2D eigenvalue weighted by atomic mass is 32.1. The highest BCUT2D eigenvalue weighted by Crippen LogP contribution is 2.34. The number of nitrogens with zero attached hydrogens (tertiary/aromatic N) is 6. The van der Waals surface area contributed by atoms with Gasteiger partial charge in [0.25, 0.3) is 0 Å². The molecule has 0 aromatic carbocycles. The average Bonchev–Trinajstić information content (AvgIpc) is 3.22. The molecule has 4 heterocycles. The second-order valence-corrected chi connectivity index (χ2v) is 8.01. The number of carboxylic acids is 1. The van der Waals surface area contributed by atoms with Crippen LogP contribution in [0.2, 0.25) is 0 Å². The van der Waals surface area contributed by atoms with Crippen LogP contribution in [0.4, 0.5) is 0 Å². The summed E-state index contributed by atoms with van der Waals surface area (Å²) in [7, 11) is 0. The Hall–Kier alpha value is -3.20. The van der Waals surface area contributed by atoms with E-state index in [0.717, 1.165) is 29.1 Å². The zero-order chi connectivity index (χ0) is 19.8. The minimum atomic E-state index is -0.948. The number of thiazole rings is 1. The van der Waals surface area contributed by atoms with Gasteiger partial charge >= 0.3 is 5.97 Å². The van der Waals surface area contributed by atoms with Crippen LogP contribution < -0.4 is 0 Å². The molecule has 1 atom stereocenters. The predicted octanol–water partition coefficient (Wildman–Crippen LogP) is 3.01. The first-order valence-electron chi connectivity index (χ1n) is 9.44. The number of carboxylic acid groups (broad SMARTS) is 1. The van der Waals surface area contributed by atoms with Crippen LogP contribution in [0.15, 0.2) is 41.6 Å². The second kappa shape index (κ2) is 7.32. The summed E-state index contributed by atoms with van der Waals surface area (Å²) >= 11 is 1.45. The third kappa shape index (κ3) is 3.61. The van der Waals surface area contributed by atoms with Crippen molar-refractivity contribution in [3.05, 3.63) is 58.8 Å². The van der Waals surface area contributed by atoms with Crippen LogP contribution in [-0.4, -0.2) is 40.6 Å². The van der Waals surface area contributed by atoms with Gasteiger partial charge in [0.1, 0.15) is 5.92 Å². The summed E-state index contributed by atoms with van der Waals surface area (Å²) < 4.78 is 1.79. The van der Waals surface area contributed by atoms with E-state index >= 15 is 0 Å². The van der Waals surface area contributed by atoms with Crippen LogP contribution in [-0.2, 0) is 17.6 Å². The zero-order valence-corrected chi connectivity index (χ0v) is 16.3. The highest BCUT2D eigenvalue weighted by Gasteiger charge is 2.29. The van der Waals surface area contributed by atoms with E-state index in [1.165, 1.54) is 24.2 Å². The van der Waals surface area contributed by atoms with Crippen LogP contribution in [0.1, 0.15) is 36.0 Å². The lowest BCUT2D eigenvalue weighted by Gasteiger charge is -2.12. The van der Waals surface area contributed by atoms with E-state index in [0.29, 0.717) is 17.4 Å². The van der Waals surface area contributed by atoms with Gasteiger partial charge in [0.15, 0.2) is 11.5 Å². The smallest absolute Gasteiger partial charge is 0.314 e. The molecule has 5 rings (SSSR count). The molecule has 0 aliphatic heterocycles. The normalized spacial score (nSPS) is 14.9. The Balaban J connectivity index is 1.64. The van der Waals surface area contributed by atoms with Gasteiger partial charge in [0.2, 0.25) is 0 Å². The van der Waals surface area contributed by atoms with Crippen LogP contribution in [0.3, 0.4) is 0 Å². The summed E-state index contributed by atoms with van der Waals surface area (Å²) in [5.74, 6) is -0.785. The first-order chi connectivity index (χ1) is 14.2. The quantitative estimate of drug-likeness (QED) is 0.503. The maximum atomic E-state index is 12.1. The first kappa shape index (κ1) is 17.9. The molecule has 0 bridgehead atoms. The van der Waals surface area contributed by atoms with Crippen molar-refractivity contribution in [1.29, 1.82) is 0 Å². The topological polar surface area (TPSA) is 106 Å². The minimum absolute atomic E-state index is 0.266. The third-order valence-electron chi connectivity index (χ3n) is 5.13. The Kier molecular flexibility index (Phi) is 4.51. The summed E-state index contributed by atoms with van der Waals surface area (Å²) in [5.41, 5.74) is 5.53. The Morgan fingerprint density at radius 3 is 2.93 bits per heavy atom. The van der Waals surface area contributed by atoms with Gasteiger partial charge in [-0.15, -0.1) is 21.5 Å². The molecular formula is C20H18N6O2S. The highest BCUT2D eigenvalue weighted by molar-refractivity contribution is 7.07. The first-order valence-corrected chi connectivity index (χ1v) is 10.4. The van der Waals surface area contributed by atoms with Crippen LogP contribution in [0, 0.1) is 5.92 Å². The molecule has 4 aromatic heterocycles.